The first-order valence-electron chi connectivity index (χ1n) is 8.11. The second kappa shape index (κ2) is 9.94. The molecule has 0 aromatic heterocycles. The van der Waals surface area contributed by atoms with Crippen molar-refractivity contribution in [2.24, 2.45) is 5.92 Å². The van der Waals surface area contributed by atoms with Crippen molar-refractivity contribution in [2.75, 3.05) is 6.54 Å². The van der Waals surface area contributed by atoms with Crippen LogP contribution in [0.2, 0.25) is 0 Å². The lowest BCUT2D eigenvalue weighted by atomic mass is 9.89. The molecule has 0 heterocycles. The van der Waals surface area contributed by atoms with E-state index in [1.807, 2.05) is 0 Å². The Labute approximate surface area is 109 Å². The first-order chi connectivity index (χ1) is 8.38. The smallest absolute Gasteiger partial charge is 0.00953 e. The van der Waals surface area contributed by atoms with E-state index in [2.05, 4.69) is 19.2 Å². The van der Waals surface area contributed by atoms with E-state index >= 15 is 0 Å². The SMILES string of the molecule is CCCCCCC1CCCCCC1NCCC. The molecule has 1 rings (SSSR count). The molecule has 0 amide bonds. The van der Waals surface area contributed by atoms with Gasteiger partial charge in [0.15, 0.2) is 0 Å². The highest BCUT2D eigenvalue weighted by atomic mass is 14.9. The average molecular weight is 239 g/mol. The molecule has 0 aromatic rings. The van der Waals surface area contributed by atoms with Gasteiger partial charge in [0, 0.05) is 6.04 Å². The summed E-state index contributed by atoms with van der Waals surface area (Å²) in [7, 11) is 0. The van der Waals surface area contributed by atoms with Gasteiger partial charge in [0.1, 0.15) is 0 Å². The highest BCUT2D eigenvalue weighted by molar-refractivity contribution is 4.79. The Kier molecular flexibility index (Phi) is 8.78. The van der Waals surface area contributed by atoms with Gasteiger partial charge in [-0.3, -0.25) is 0 Å². The molecule has 1 nitrogen and oxygen atoms in total. The van der Waals surface area contributed by atoms with Crippen LogP contribution in [0.5, 0.6) is 0 Å². The first-order valence-corrected chi connectivity index (χ1v) is 8.11. The van der Waals surface area contributed by atoms with Gasteiger partial charge >= 0.3 is 0 Å². The van der Waals surface area contributed by atoms with Crippen LogP contribution in [0, 0.1) is 5.92 Å². The fourth-order valence-corrected chi connectivity index (χ4v) is 3.16. The van der Waals surface area contributed by atoms with E-state index in [0.29, 0.717) is 0 Å². The van der Waals surface area contributed by atoms with E-state index in [0.717, 1.165) is 12.0 Å². The topological polar surface area (TPSA) is 12.0 Å². The number of rotatable bonds is 8. The van der Waals surface area contributed by atoms with Crippen LogP contribution in [0.3, 0.4) is 0 Å². The van der Waals surface area contributed by atoms with Crippen molar-refractivity contribution in [3.8, 4) is 0 Å². The van der Waals surface area contributed by atoms with E-state index in [1.54, 1.807) is 0 Å². The zero-order chi connectivity index (χ0) is 12.3. The van der Waals surface area contributed by atoms with Crippen molar-refractivity contribution in [2.45, 2.75) is 90.5 Å². The molecule has 1 fully saturated rings. The number of hydrogen-bond acceptors (Lipinski definition) is 1. The molecule has 1 N–H and O–H groups in total. The molecule has 0 radical (unpaired) electrons. The summed E-state index contributed by atoms with van der Waals surface area (Å²) in [6, 6.07) is 0.832. The lowest BCUT2D eigenvalue weighted by molar-refractivity contribution is 0.308. The molecule has 1 saturated carbocycles. The largest absolute Gasteiger partial charge is 0.314 e. The summed E-state index contributed by atoms with van der Waals surface area (Å²) in [4.78, 5) is 0. The van der Waals surface area contributed by atoms with E-state index in [-0.39, 0.29) is 0 Å². The van der Waals surface area contributed by atoms with Crippen LogP contribution in [-0.4, -0.2) is 12.6 Å². The zero-order valence-corrected chi connectivity index (χ0v) is 12.1. The van der Waals surface area contributed by atoms with Gasteiger partial charge in [-0.05, 0) is 38.1 Å². The third-order valence-electron chi connectivity index (χ3n) is 4.24. The fourth-order valence-electron chi connectivity index (χ4n) is 3.16. The van der Waals surface area contributed by atoms with Crippen LogP contribution in [0.25, 0.3) is 0 Å². The summed E-state index contributed by atoms with van der Waals surface area (Å²) in [6.45, 7) is 5.80. The van der Waals surface area contributed by atoms with Gasteiger partial charge < -0.3 is 5.32 Å². The fraction of sp³-hybridized carbons (Fsp3) is 1.00. The van der Waals surface area contributed by atoms with Crippen molar-refractivity contribution in [1.82, 2.24) is 5.32 Å². The van der Waals surface area contributed by atoms with Crippen molar-refractivity contribution >= 4 is 0 Å². The standard InChI is InChI=1S/C16H33N/c1-3-5-6-8-11-15-12-9-7-10-13-16(15)17-14-4-2/h15-17H,3-14H2,1-2H3. The normalized spacial score (nSPS) is 25.8. The number of nitrogens with one attached hydrogen (secondary N) is 1. The van der Waals surface area contributed by atoms with Gasteiger partial charge in [-0.25, -0.2) is 0 Å². The van der Waals surface area contributed by atoms with Crippen LogP contribution in [0.1, 0.15) is 84.5 Å². The van der Waals surface area contributed by atoms with Crippen LogP contribution in [0.4, 0.5) is 0 Å². The highest BCUT2D eigenvalue weighted by Gasteiger charge is 2.22. The maximum Gasteiger partial charge on any atom is 0.00953 e. The summed E-state index contributed by atoms with van der Waals surface area (Å²) in [6.07, 6.45) is 15.8. The number of unbranched alkanes of at least 4 members (excludes halogenated alkanes) is 3. The monoisotopic (exact) mass is 239 g/mol. The molecule has 0 saturated heterocycles. The molecule has 1 heteroatoms. The van der Waals surface area contributed by atoms with Gasteiger partial charge in [0.25, 0.3) is 0 Å². The molecular weight excluding hydrogens is 206 g/mol. The molecular formula is C16H33N. The Balaban J connectivity index is 2.27. The van der Waals surface area contributed by atoms with Gasteiger partial charge in [-0.1, -0.05) is 58.8 Å². The molecule has 0 bridgehead atoms. The molecule has 1 aliphatic rings. The summed E-state index contributed by atoms with van der Waals surface area (Å²) < 4.78 is 0. The third kappa shape index (κ3) is 6.45. The lowest BCUT2D eigenvalue weighted by Crippen LogP contribution is -2.36. The van der Waals surface area contributed by atoms with Crippen LogP contribution < -0.4 is 5.32 Å². The molecule has 0 aliphatic heterocycles. The van der Waals surface area contributed by atoms with E-state index in [4.69, 9.17) is 0 Å². The Bertz CT molecular complexity index is 167. The van der Waals surface area contributed by atoms with Crippen LogP contribution >= 0.6 is 0 Å². The third-order valence-corrected chi connectivity index (χ3v) is 4.24. The zero-order valence-electron chi connectivity index (χ0n) is 12.1. The maximum absolute atomic E-state index is 3.80. The predicted octanol–water partition coefficient (Wildman–Crippen LogP) is 4.91. The second-order valence-corrected chi connectivity index (χ2v) is 5.81. The van der Waals surface area contributed by atoms with E-state index < -0.39 is 0 Å². The molecule has 0 spiro atoms. The number of hydrogen-bond donors (Lipinski definition) is 1. The first kappa shape index (κ1) is 15.0. The van der Waals surface area contributed by atoms with Crippen LogP contribution in [0.15, 0.2) is 0 Å². The second-order valence-electron chi connectivity index (χ2n) is 5.81. The Morgan fingerprint density at radius 1 is 0.882 bits per heavy atom. The lowest BCUT2D eigenvalue weighted by Gasteiger charge is -2.26. The molecule has 0 aromatic carbocycles. The summed E-state index contributed by atoms with van der Waals surface area (Å²) >= 11 is 0. The van der Waals surface area contributed by atoms with Gasteiger partial charge in [0.2, 0.25) is 0 Å². The summed E-state index contributed by atoms with van der Waals surface area (Å²) in [5.41, 5.74) is 0. The quantitative estimate of drug-likeness (QED) is 0.469. The molecule has 102 valence electrons. The Hall–Kier alpha value is -0.0400. The van der Waals surface area contributed by atoms with E-state index in [9.17, 15) is 0 Å². The molecule has 2 unspecified atom stereocenters. The summed E-state index contributed by atoms with van der Waals surface area (Å²) in [5.74, 6) is 0.973. The van der Waals surface area contributed by atoms with Gasteiger partial charge in [-0.15, -0.1) is 0 Å². The molecule has 17 heavy (non-hydrogen) atoms. The van der Waals surface area contributed by atoms with Crippen molar-refractivity contribution < 1.29 is 0 Å². The minimum atomic E-state index is 0.832. The minimum Gasteiger partial charge on any atom is -0.314 e. The van der Waals surface area contributed by atoms with Crippen LogP contribution in [-0.2, 0) is 0 Å². The minimum absolute atomic E-state index is 0.832. The summed E-state index contributed by atoms with van der Waals surface area (Å²) in [5, 5.41) is 3.80. The maximum atomic E-state index is 3.80. The van der Waals surface area contributed by atoms with Crippen molar-refractivity contribution in [3.63, 3.8) is 0 Å². The Morgan fingerprint density at radius 3 is 2.47 bits per heavy atom. The Morgan fingerprint density at radius 2 is 1.71 bits per heavy atom. The molecule has 1 aliphatic carbocycles. The predicted molar refractivity (Wildman–Crippen MR) is 77.4 cm³/mol. The molecule has 2 atom stereocenters. The highest BCUT2D eigenvalue weighted by Crippen LogP contribution is 2.27. The average Bonchev–Trinajstić information content (AvgIpc) is 2.57. The van der Waals surface area contributed by atoms with Gasteiger partial charge in [-0.2, -0.15) is 0 Å². The van der Waals surface area contributed by atoms with Gasteiger partial charge in [0.05, 0.1) is 0 Å². The van der Waals surface area contributed by atoms with E-state index in [1.165, 1.54) is 77.2 Å². The van der Waals surface area contributed by atoms with Crippen molar-refractivity contribution in [3.05, 3.63) is 0 Å². The van der Waals surface area contributed by atoms with Crippen molar-refractivity contribution in [1.29, 1.82) is 0 Å².